The summed E-state index contributed by atoms with van der Waals surface area (Å²) >= 11 is 0. The molecule has 0 spiro atoms. The number of H-pyrrole nitrogens is 1. The van der Waals surface area contributed by atoms with Crippen LogP contribution in [0.25, 0.3) is 11.2 Å². The number of hydrogen-bond donors (Lipinski definition) is 1. The highest BCUT2D eigenvalue weighted by atomic mass is 16.6. The molecule has 0 radical (unpaired) electrons. The first-order chi connectivity index (χ1) is 12.6. The molecule has 0 aromatic carbocycles. The first-order valence-corrected chi connectivity index (χ1v) is 9.32. The van der Waals surface area contributed by atoms with Crippen molar-refractivity contribution < 1.29 is 9.53 Å². The maximum atomic E-state index is 12.5. The zero-order valence-electron chi connectivity index (χ0n) is 16.8. The fourth-order valence-electron chi connectivity index (χ4n) is 3.39. The monoisotopic (exact) mass is 376 g/mol. The Bertz CT molecular complexity index is 897. The van der Waals surface area contributed by atoms with Crippen molar-refractivity contribution in [2.24, 2.45) is 0 Å². The first kappa shape index (κ1) is 19.2. The molecule has 0 unspecified atom stereocenters. The lowest BCUT2D eigenvalue weighted by Gasteiger charge is -2.44. The molecule has 1 saturated heterocycles. The number of nitrogens with zero attached hydrogens (tertiary/aromatic N) is 5. The standard InChI is InChI=1S/C18H28N6O3/c1-7-22-10-19-13-14(22)20-16(25)21-15(13)23-8-12(3)24(9-11(23)2)17(26)27-18(4,5)6/h10-12H,7-9H2,1-6H3,(H,20,21,25)/t11-,12+/m0/s1. The fraction of sp³-hybridized carbons (Fsp3) is 0.667. The Morgan fingerprint density at radius 2 is 2.00 bits per heavy atom. The van der Waals surface area contributed by atoms with Crippen LogP contribution in [0.3, 0.4) is 0 Å². The number of fused-ring (bicyclic) bond motifs is 1. The highest BCUT2D eigenvalue weighted by molar-refractivity contribution is 5.83. The third kappa shape index (κ3) is 3.77. The Hall–Kier alpha value is -2.58. The lowest BCUT2D eigenvalue weighted by Crippen LogP contribution is -2.59. The van der Waals surface area contributed by atoms with E-state index in [4.69, 9.17) is 4.74 Å². The van der Waals surface area contributed by atoms with Gasteiger partial charge in [-0.3, -0.25) is 4.98 Å². The van der Waals surface area contributed by atoms with Crippen molar-refractivity contribution in [2.45, 2.75) is 65.8 Å². The summed E-state index contributed by atoms with van der Waals surface area (Å²) in [6.07, 6.45) is 1.39. The smallest absolute Gasteiger partial charge is 0.410 e. The van der Waals surface area contributed by atoms with Crippen LogP contribution >= 0.6 is 0 Å². The minimum atomic E-state index is -0.537. The summed E-state index contributed by atoms with van der Waals surface area (Å²) < 4.78 is 7.41. The van der Waals surface area contributed by atoms with Crippen molar-refractivity contribution in [3.63, 3.8) is 0 Å². The van der Waals surface area contributed by atoms with Gasteiger partial charge in [-0.1, -0.05) is 0 Å². The Kier molecular flexibility index (Phi) is 4.88. The van der Waals surface area contributed by atoms with Gasteiger partial charge in [-0.05, 0) is 41.5 Å². The number of hydrogen-bond acceptors (Lipinski definition) is 6. The van der Waals surface area contributed by atoms with Crippen molar-refractivity contribution in [1.29, 1.82) is 0 Å². The molecular weight excluding hydrogens is 348 g/mol. The van der Waals surface area contributed by atoms with Crippen LogP contribution in [-0.2, 0) is 11.3 Å². The molecule has 0 saturated carbocycles. The number of amides is 1. The number of aromatic nitrogens is 4. The summed E-state index contributed by atoms with van der Waals surface area (Å²) in [6.45, 7) is 13.3. The number of imidazole rings is 1. The van der Waals surface area contributed by atoms with Gasteiger partial charge in [-0.2, -0.15) is 4.98 Å². The number of aryl methyl sites for hydroxylation is 1. The second-order valence-electron chi connectivity index (χ2n) is 8.08. The molecule has 2 atom stereocenters. The predicted molar refractivity (Wildman–Crippen MR) is 103 cm³/mol. The third-order valence-electron chi connectivity index (χ3n) is 4.71. The van der Waals surface area contributed by atoms with Gasteiger partial charge >= 0.3 is 11.8 Å². The van der Waals surface area contributed by atoms with Crippen molar-refractivity contribution in [3.05, 3.63) is 16.8 Å². The molecule has 27 heavy (non-hydrogen) atoms. The van der Waals surface area contributed by atoms with E-state index in [0.717, 1.165) is 0 Å². The maximum absolute atomic E-state index is 12.5. The Balaban J connectivity index is 1.90. The summed E-state index contributed by atoms with van der Waals surface area (Å²) in [6, 6.07) is -0.113. The lowest BCUT2D eigenvalue weighted by atomic mass is 10.1. The zero-order valence-corrected chi connectivity index (χ0v) is 16.8. The van der Waals surface area contributed by atoms with Gasteiger partial charge in [0.2, 0.25) is 0 Å². The number of carbonyl (C=O) groups excluding carboxylic acids is 1. The van der Waals surface area contributed by atoms with Gasteiger partial charge < -0.3 is 19.1 Å². The number of ether oxygens (including phenoxy) is 1. The molecule has 148 valence electrons. The zero-order chi connectivity index (χ0) is 19.9. The largest absolute Gasteiger partial charge is 0.444 e. The molecular formula is C18H28N6O3. The summed E-state index contributed by atoms with van der Waals surface area (Å²) in [7, 11) is 0. The van der Waals surface area contributed by atoms with Crippen LogP contribution in [0.15, 0.2) is 11.1 Å². The molecule has 9 heteroatoms. The normalized spacial score (nSPS) is 21.0. The van der Waals surface area contributed by atoms with E-state index in [2.05, 4.69) is 19.9 Å². The van der Waals surface area contributed by atoms with Gasteiger partial charge in [-0.25, -0.2) is 14.6 Å². The molecule has 1 amide bonds. The van der Waals surface area contributed by atoms with Crippen LogP contribution in [0.1, 0.15) is 41.5 Å². The van der Waals surface area contributed by atoms with E-state index in [-0.39, 0.29) is 18.2 Å². The molecule has 3 rings (SSSR count). The Labute approximate surface area is 158 Å². The summed E-state index contributed by atoms with van der Waals surface area (Å²) in [4.78, 5) is 39.8. The summed E-state index contributed by atoms with van der Waals surface area (Å²) in [5.74, 6) is 0.559. The number of piperazine rings is 1. The quantitative estimate of drug-likeness (QED) is 0.861. The second kappa shape index (κ2) is 6.86. The molecule has 0 bridgehead atoms. The van der Waals surface area contributed by atoms with Crippen LogP contribution in [-0.4, -0.2) is 61.3 Å². The number of carbonyl (C=O) groups is 1. The van der Waals surface area contributed by atoms with E-state index < -0.39 is 11.3 Å². The topological polar surface area (TPSA) is 96.3 Å². The Morgan fingerprint density at radius 1 is 1.30 bits per heavy atom. The minimum Gasteiger partial charge on any atom is -0.444 e. The molecule has 1 fully saturated rings. The van der Waals surface area contributed by atoms with E-state index >= 15 is 0 Å². The van der Waals surface area contributed by atoms with Crippen molar-refractivity contribution >= 4 is 23.1 Å². The van der Waals surface area contributed by atoms with Gasteiger partial charge in [0.25, 0.3) is 0 Å². The molecule has 3 heterocycles. The van der Waals surface area contributed by atoms with Gasteiger partial charge in [0.1, 0.15) is 16.8 Å². The van der Waals surface area contributed by atoms with E-state index in [1.807, 2.05) is 46.1 Å². The lowest BCUT2D eigenvalue weighted by molar-refractivity contribution is 0.0130. The van der Waals surface area contributed by atoms with Gasteiger partial charge in [0.15, 0.2) is 5.82 Å². The van der Waals surface area contributed by atoms with Crippen LogP contribution < -0.4 is 10.6 Å². The highest BCUT2D eigenvalue weighted by Crippen LogP contribution is 2.27. The van der Waals surface area contributed by atoms with E-state index in [9.17, 15) is 9.59 Å². The molecule has 0 aliphatic carbocycles. The first-order valence-electron chi connectivity index (χ1n) is 9.32. The van der Waals surface area contributed by atoms with E-state index in [1.165, 1.54) is 0 Å². The van der Waals surface area contributed by atoms with Crippen molar-refractivity contribution in [2.75, 3.05) is 18.0 Å². The fourth-order valence-corrected chi connectivity index (χ4v) is 3.39. The number of aromatic amines is 1. The van der Waals surface area contributed by atoms with Gasteiger partial charge in [-0.15, -0.1) is 0 Å². The molecule has 2 aromatic rings. The number of rotatable bonds is 2. The van der Waals surface area contributed by atoms with Gasteiger partial charge in [0.05, 0.1) is 6.33 Å². The van der Waals surface area contributed by atoms with E-state index in [1.54, 1.807) is 11.2 Å². The Morgan fingerprint density at radius 3 is 2.63 bits per heavy atom. The number of anilines is 1. The highest BCUT2D eigenvalue weighted by Gasteiger charge is 2.36. The van der Waals surface area contributed by atoms with Crippen molar-refractivity contribution in [3.8, 4) is 0 Å². The SMILES string of the molecule is CCn1cnc2c(N3C[C@@H](C)N(C(=O)OC(C)(C)C)C[C@@H]3C)nc(=O)[nH]c21. The number of nitrogens with one attached hydrogen (secondary N) is 1. The molecule has 9 nitrogen and oxygen atoms in total. The second-order valence-corrected chi connectivity index (χ2v) is 8.08. The summed E-state index contributed by atoms with van der Waals surface area (Å²) in [5.41, 5.74) is 0.398. The van der Waals surface area contributed by atoms with Gasteiger partial charge in [0, 0.05) is 31.7 Å². The van der Waals surface area contributed by atoms with Crippen molar-refractivity contribution in [1.82, 2.24) is 24.4 Å². The average molecular weight is 376 g/mol. The summed E-state index contributed by atoms with van der Waals surface area (Å²) in [5, 5.41) is 0. The molecule has 1 N–H and O–H groups in total. The maximum Gasteiger partial charge on any atom is 0.410 e. The van der Waals surface area contributed by atoms with Crippen LogP contribution in [0.5, 0.6) is 0 Å². The van der Waals surface area contributed by atoms with Crippen LogP contribution in [0.2, 0.25) is 0 Å². The van der Waals surface area contributed by atoms with Crippen LogP contribution in [0, 0.1) is 0 Å². The minimum absolute atomic E-state index is 0.0296. The molecule has 1 aliphatic heterocycles. The third-order valence-corrected chi connectivity index (χ3v) is 4.71. The molecule has 2 aromatic heterocycles. The average Bonchev–Trinajstić information content (AvgIpc) is 2.97. The van der Waals surface area contributed by atoms with E-state index in [0.29, 0.717) is 36.6 Å². The molecule has 1 aliphatic rings. The van der Waals surface area contributed by atoms with Crippen LogP contribution in [0.4, 0.5) is 10.6 Å². The predicted octanol–water partition coefficient (Wildman–Crippen LogP) is 1.97.